The fourth-order valence-corrected chi connectivity index (χ4v) is 3.18. The van der Waals surface area contributed by atoms with Crippen molar-refractivity contribution in [1.82, 2.24) is 9.97 Å². The quantitative estimate of drug-likeness (QED) is 0.769. The topological polar surface area (TPSA) is 93.4 Å². The lowest BCUT2D eigenvalue weighted by atomic mass is 9.98. The predicted octanol–water partition coefficient (Wildman–Crippen LogP) is 2.45. The highest BCUT2D eigenvalue weighted by atomic mass is 16.5. The zero-order chi connectivity index (χ0) is 18.4. The van der Waals surface area contributed by atoms with E-state index in [-0.39, 0.29) is 11.9 Å². The number of ether oxygens (including phenoxy) is 1. The molecule has 1 unspecified atom stereocenters. The third kappa shape index (κ3) is 4.22. The van der Waals surface area contributed by atoms with Gasteiger partial charge in [0.15, 0.2) is 11.6 Å². The van der Waals surface area contributed by atoms with Crippen molar-refractivity contribution in [3.05, 3.63) is 42.2 Å². The molecule has 0 saturated carbocycles. The van der Waals surface area contributed by atoms with E-state index in [0.717, 1.165) is 24.9 Å². The van der Waals surface area contributed by atoms with Gasteiger partial charge in [-0.3, -0.25) is 4.79 Å². The molecule has 3 N–H and O–H groups in total. The average Bonchev–Trinajstić information content (AvgIpc) is 2.68. The molecule has 0 aliphatic carbocycles. The first-order chi connectivity index (χ1) is 12.7. The maximum absolute atomic E-state index is 12.1. The minimum Gasteiger partial charge on any atom is -0.466 e. The summed E-state index contributed by atoms with van der Waals surface area (Å²) in [6, 6.07) is 10.1. The van der Waals surface area contributed by atoms with E-state index in [1.54, 1.807) is 0 Å². The number of carbonyl (C=O) groups excluding carboxylic acids is 1. The molecule has 2 heterocycles. The first-order valence-corrected chi connectivity index (χ1v) is 8.99. The number of carbonyl (C=O) groups is 1. The second-order valence-corrected chi connectivity index (χ2v) is 6.34. The standard InChI is InChI=1S/C19H25N5O2/c1-2-26-19(25)15-9-6-10-24(12-15)18-16(20)17(22-13-23-18)21-11-14-7-4-3-5-8-14/h3-5,7-8,13,15H,2,6,9-12,20H2,1H3,(H,21,22,23). The molecule has 1 aliphatic heterocycles. The SMILES string of the molecule is CCOC(=O)C1CCCN(c2ncnc(NCc3ccccc3)c2N)C1. The van der Waals surface area contributed by atoms with Crippen LogP contribution in [-0.4, -0.2) is 35.6 Å². The van der Waals surface area contributed by atoms with Crippen LogP contribution in [0.1, 0.15) is 25.3 Å². The average molecular weight is 355 g/mol. The van der Waals surface area contributed by atoms with Crippen molar-refractivity contribution in [2.75, 3.05) is 35.6 Å². The molecule has 1 atom stereocenters. The van der Waals surface area contributed by atoms with Crippen LogP contribution >= 0.6 is 0 Å². The Morgan fingerprint density at radius 2 is 2.15 bits per heavy atom. The first kappa shape index (κ1) is 18.0. The molecule has 3 rings (SSSR count). The van der Waals surface area contributed by atoms with E-state index < -0.39 is 0 Å². The van der Waals surface area contributed by atoms with Crippen LogP contribution in [0.5, 0.6) is 0 Å². The number of hydrogen-bond donors (Lipinski definition) is 2. The minimum absolute atomic E-state index is 0.140. The van der Waals surface area contributed by atoms with E-state index in [2.05, 4.69) is 20.2 Å². The van der Waals surface area contributed by atoms with Crippen LogP contribution in [0.4, 0.5) is 17.3 Å². The number of piperidine rings is 1. The third-order valence-electron chi connectivity index (χ3n) is 4.51. The summed E-state index contributed by atoms with van der Waals surface area (Å²) >= 11 is 0. The van der Waals surface area contributed by atoms with Crippen LogP contribution in [0, 0.1) is 5.92 Å². The first-order valence-electron chi connectivity index (χ1n) is 8.99. The molecule has 0 radical (unpaired) electrons. The number of esters is 1. The van der Waals surface area contributed by atoms with Gasteiger partial charge >= 0.3 is 5.97 Å². The summed E-state index contributed by atoms with van der Waals surface area (Å²) in [6.07, 6.45) is 3.24. The van der Waals surface area contributed by atoms with E-state index in [4.69, 9.17) is 10.5 Å². The minimum atomic E-state index is -0.146. The lowest BCUT2D eigenvalue weighted by Crippen LogP contribution is -2.40. The highest BCUT2D eigenvalue weighted by molar-refractivity contribution is 5.77. The number of nitrogens with two attached hydrogens (primary N) is 1. The van der Waals surface area contributed by atoms with Crippen molar-refractivity contribution in [3.63, 3.8) is 0 Å². The molecule has 0 amide bonds. The van der Waals surface area contributed by atoms with Gasteiger partial charge in [-0.25, -0.2) is 9.97 Å². The van der Waals surface area contributed by atoms with E-state index in [1.165, 1.54) is 6.33 Å². The largest absolute Gasteiger partial charge is 0.466 e. The number of nitrogen functional groups attached to an aromatic ring is 1. The number of aromatic nitrogens is 2. The molecular formula is C19H25N5O2. The molecule has 0 bridgehead atoms. The van der Waals surface area contributed by atoms with Gasteiger partial charge in [0, 0.05) is 19.6 Å². The van der Waals surface area contributed by atoms with Gasteiger partial charge in [0.25, 0.3) is 0 Å². The number of rotatable bonds is 6. The Balaban J connectivity index is 1.71. The van der Waals surface area contributed by atoms with E-state index in [0.29, 0.717) is 37.0 Å². The van der Waals surface area contributed by atoms with Crippen LogP contribution in [0.15, 0.2) is 36.7 Å². The van der Waals surface area contributed by atoms with Gasteiger partial charge in [0.05, 0.1) is 12.5 Å². The lowest BCUT2D eigenvalue weighted by Gasteiger charge is -2.33. The summed E-state index contributed by atoms with van der Waals surface area (Å²) in [4.78, 5) is 22.7. The second kappa shape index (κ2) is 8.51. The summed E-state index contributed by atoms with van der Waals surface area (Å²) in [5, 5.41) is 3.27. The fraction of sp³-hybridized carbons (Fsp3) is 0.421. The van der Waals surface area contributed by atoms with Crippen molar-refractivity contribution in [2.45, 2.75) is 26.3 Å². The van der Waals surface area contributed by atoms with Gasteiger partial charge in [0.2, 0.25) is 0 Å². The number of benzene rings is 1. The summed E-state index contributed by atoms with van der Waals surface area (Å²) in [5.74, 6) is 0.993. The van der Waals surface area contributed by atoms with Crippen LogP contribution < -0.4 is 16.0 Å². The highest BCUT2D eigenvalue weighted by Crippen LogP contribution is 2.30. The number of hydrogen-bond acceptors (Lipinski definition) is 7. The fourth-order valence-electron chi connectivity index (χ4n) is 3.18. The molecule has 138 valence electrons. The molecule has 0 spiro atoms. The zero-order valence-corrected chi connectivity index (χ0v) is 15.0. The van der Waals surface area contributed by atoms with Crippen LogP contribution in [-0.2, 0) is 16.1 Å². The molecule has 1 fully saturated rings. The maximum Gasteiger partial charge on any atom is 0.310 e. The van der Waals surface area contributed by atoms with Crippen molar-refractivity contribution in [2.24, 2.45) is 5.92 Å². The molecule has 7 nitrogen and oxygen atoms in total. The van der Waals surface area contributed by atoms with Crippen molar-refractivity contribution in [1.29, 1.82) is 0 Å². The third-order valence-corrected chi connectivity index (χ3v) is 4.51. The van der Waals surface area contributed by atoms with Gasteiger partial charge in [-0.15, -0.1) is 0 Å². The zero-order valence-electron chi connectivity index (χ0n) is 15.0. The Kier molecular flexibility index (Phi) is 5.88. The Bertz CT molecular complexity index is 738. The van der Waals surface area contributed by atoms with Gasteiger partial charge in [-0.1, -0.05) is 30.3 Å². The molecule has 7 heteroatoms. The van der Waals surface area contributed by atoms with Gasteiger partial charge in [-0.05, 0) is 25.3 Å². The summed E-state index contributed by atoms with van der Waals surface area (Å²) in [5.41, 5.74) is 7.97. The molecule has 1 aromatic carbocycles. The number of nitrogens with one attached hydrogen (secondary N) is 1. The van der Waals surface area contributed by atoms with Gasteiger partial charge in [0.1, 0.15) is 12.0 Å². The van der Waals surface area contributed by atoms with E-state index >= 15 is 0 Å². The summed E-state index contributed by atoms with van der Waals surface area (Å²) in [7, 11) is 0. The molecular weight excluding hydrogens is 330 g/mol. The molecule has 1 aromatic heterocycles. The predicted molar refractivity (Wildman–Crippen MR) is 102 cm³/mol. The Hall–Kier alpha value is -2.83. The smallest absolute Gasteiger partial charge is 0.310 e. The Morgan fingerprint density at radius 3 is 2.92 bits per heavy atom. The molecule has 2 aromatic rings. The second-order valence-electron chi connectivity index (χ2n) is 6.34. The monoisotopic (exact) mass is 355 g/mol. The van der Waals surface area contributed by atoms with Crippen molar-refractivity contribution in [3.8, 4) is 0 Å². The van der Waals surface area contributed by atoms with Crippen LogP contribution in [0.2, 0.25) is 0 Å². The number of nitrogens with zero attached hydrogens (tertiary/aromatic N) is 3. The molecule has 1 aliphatic rings. The Morgan fingerprint density at radius 1 is 1.35 bits per heavy atom. The molecule has 26 heavy (non-hydrogen) atoms. The van der Waals surface area contributed by atoms with Crippen molar-refractivity contribution >= 4 is 23.3 Å². The van der Waals surface area contributed by atoms with Crippen LogP contribution in [0.3, 0.4) is 0 Å². The van der Waals surface area contributed by atoms with E-state index in [9.17, 15) is 4.79 Å². The van der Waals surface area contributed by atoms with E-state index in [1.807, 2.05) is 37.3 Å². The summed E-state index contributed by atoms with van der Waals surface area (Å²) in [6.45, 7) is 4.24. The molecule has 1 saturated heterocycles. The van der Waals surface area contributed by atoms with Gasteiger partial charge in [-0.2, -0.15) is 0 Å². The van der Waals surface area contributed by atoms with Gasteiger partial charge < -0.3 is 20.7 Å². The highest BCUT2D eigenvalue weighted by Gasteiger charge is 2.28. The normalized spacial score (nSPS) is 17.0. The van der Waals surface area contributed by atoms with Crippen molar-refractivity contribution < 1.29 is 9.53 Å². The lowest BCUT2D eigenvalue weighted by molar-refractivity contribution is -0.148. The summed E-state index contributed by atoms with van der Waals surface area (Å²) < 4.78 is 5.17. The number of anilines is 3. The Labute approximate surface area is 153 Å². The maximum atomic E-state index is 12.1. The van der Waals surface area contributed by atoms with Crippen LogP contribution in [0.25, 0.3) is 0 Å².